The van der Waals surface area contributed by atoms with E-state index >= 15 is 0 Å². The largest absolute Gasteiger partial charge is 0.378 e. The van der Waals surface area contributed by atoms with Gasteiger partial charge in [0.1, 0.15) is 5.82 Å². The lowest BCUT2D eigenvalue weighted by Crippen LogP contribution is -2.28. The number of benzene rings is 1. The van der Waals surface area contributed by atoms with Crippen molar-refractivity contribution >= 4 is 11.7 Å². The Balaban J connectivity index is 1.96. The van der Waals surface area contributed by atoms with Crippen LogP contribution < -0.4 is 10.2 Å². The number of rotatable bonds is 5. The van der Waals surface area contributed by atoms with Gasteiger partial charge >= 0.3 is 0 Å². The van der Waals surface area contributed by atoms with Gasteiger partial charge in [-0.15, -0.1) is 0 Å². The molecule has 0 saturated heterocycles. The Labute approximate surface area is 124 Å². The minimum atomic E-state index is -1.15. The number of aliphatic hydroxyl groups excluding tert-OH is 1. The molecule has 2 N–H and O–H groups in total. The molecular weight excluding hydrogens is 266 g/mol. The summed E-state index contributed by atoms with van der Waals surface area (Å²) in [5, 5.41) is 12.7. The van der Waals surface area contributed by atoms with E-state index in [2.05, 4.69) is 10.3 Å². The SMILES string of the molecule is CN(C)c1cc(CNC(=O)C(O)c2ccccc2)ccn1. The van der Waals surface area contributed by atoms with Crippen molar-refractivity contribution in [1.29, 1.82) is 0 Å². The number of carbonyl (C=O) groups is 1. The van der Waals surface area contributed by atoms with Crippen molar-refractivity contribution in [2.24, 2.45) is 0 Å². The lowest BCUT2D eigenvalue weighted by molar-refractivity contribution is -0.129. The Morgan fingerprint density at radius 1 is 1.29 bits per heavy atom. The predicted molar refractivity (Wildman–Crippen MR) is 81.8 cm³/mol. The average molecular weight is 285 g/mol. The summed E-state index contributed by atoms with van der Waals surface area (Å²) in [6.07, 6.45) is 0.547. The minimum Gasteiger partial charge on any atom is -0.378 e. The van der Waals surface area contributed by atoms with Crippen molar-refractivity contribution in [2.75, 3.05) is 19.0 Å². The molecule has 0 spiro atoms. The number of nitrogens with one attached hydrogen (secondary N) is 1. The molecule has 1 amide bonds. The maximum Gasteiger partial charge on any atom is 0.253 e. The number of hydrogen-bond acceptors (Lipinski definition) is 4. The van der Waals surface area contributed by atoms with Crippen LogP contribution in [-0.2, 0) is 11.3 Å². The van der Waals surface area contributed by atoms with Crippen LogP contribution in [0.15, 0.2) is 48.7 Å². The zero-order valence-electron chi connectivity index (χ0n) is 12.2. The van der Waals surface area contributed by atoms with Crippen LogP contribution in [0.2, 0.25) is 0 Å². The second kappa shape index (κ2) is 6.85. The van der Waals surface area contributed by atoms with Gasteiger partial charge in [-0.05, 0) is 23.3 Å². The van der Waals surface area contributed by atoms with E-state index in [0.717, 1.165) is 11.4 Å². The lowest BCUT2D eigenvalue weighted by Gasteiger charge is -2.14. The molecule has 1 atom stereocenters. The Morgan fingerprint density at radius 2 is 2.00 bits per heavy atom. The number of aliphatic hydroxyl groups is 1. The van der Waals surface area contributed by atoms with Crippen LogP contribution >= 0.6 is 0 Å². The van der Waals surface area contributed by atoms with Crippen molar-refractivity contribution in [2.45, 2.75) is 12.6 Å². The Kier molecular flexibility index (Phi) is 4.90. The zero-order valence-corrected chi connectivity index (χ0v) is 12.2. The highest BCUT2D eigenvalue weighted by Crippen LogP contribution is 2.13. The highest BCUT2D eigenvalue weighted by molar-refractivity contribution is 5.81. The van der Waals surface area contributed by atoms with Crippen molar-refractivity contribution in [1.82, 2.24) is 10.3 Å². The summed E-state index contributed by atoms with van der Waals surface area (Å²) in [4.78, 5) is 18.1. The molecule has 1 heterocycles. The Morgan fingerprint density at radius 3 is 2.67 bits per heavy atom. The number of amides is 1. The van der Waals surface area contributed by atoms with Gasteiger partial charge in [-0.1, -0.05) is 30.3 Å². The summed E-state index contributed by atoms with van der Waals surface area (Å²) in [6.45, 7) is 0.353. The predicted octanol–water partition coefficient (Wildman–Crippen LogP) is 1.50. The highest BCUT2D eigenvalue weighted by Gasteiger charge is 2.16. The first-order valence-corrected chi connectivity index (χ1v) is 6.71. The van der Waals surface area contributed by atoms with Gasteiger partial charge in [-0.25, -0.2) is 4.98 Å². The third-order valence-corrected chi connectivity index (χ3v) is 3.10. The van der Waals surface area contributed by atoms with E-state index in [-0.39, 0.29) is 0 Å². The Hall–Kier alpha value is -2.40. The molecule has 0 saturated carbocycles. The average Bonchev–Trinajstić information content (AvgIpc) is 2.53. The molecule has 0 aliphatic rings. The van der Waals surface area contributed by atoms with Crippen molar-refractivity contribution < 1.29 is 9.90 Å². The van der Waals surface area contributed by atoms with E-state index < -0.39 is 12.0 Å². The molecule has 5 heteroatoms. The first-order chi connectivity index (χ1) is 10.1. The van der Waals surface area contributed by atoms with E-state index in [9.17, 15) is 9.90 Å². The van der Waals surface area contributed by atoms with E-state index in [1.54, 1.807) is 30.5 Å². The van der Waals surface area contributed by atoms with Gasteiger partial charge in [0.15, 0.2) is 6.10 Å². The Bertz CT molecular complexity index is 599. The second-order valence-electron chi connectivity index (χ2n) is 4.95. The van der Waals surface area contributed by atoms with Crippen LogP contribution in [0, 0.1) is 0 Å². The zero-order chi connectivity index (χ0) is 15.2. The van der Waals surface area contributed by atoms with Crippen LogP contribution in [0.5, 0.6) is 0 Å². The standard InChI is InChI=1S/C16H19N3O2/c1-19(2)14-10-12(8-9-17-14)11-18-16(21)15(20)13-6-4-3-5-7-13/h3-10,15,20H,11H2,1-2H3,(H,18,21). The van der Waals surface area contributed by atoms with Crippen LogP contribution in [0.3, 0.4) is 0 Å². The van der Waals surface area contributed by atoms with Gasteiger partial charge in [0.05, 0.1) is 0 Å². The topological polar surface area (TPSA) is 65.5 Å². The maximum atomic E-state index is 11.9. The molecule has 0 fully saturated rings. The summed E-state index contributed by atoms with van der Waals surface area (Å²) in [5.74, 6) is 0.412. The molecule has 0 bridgehead atoms. The van der Waals surface area contributed by atoms with E-state index in [1.165, 1.54) is 0 Å². The van der Waals surface area contributed by atoms with Gasteiger partial charge in [0, 0.05) is 26.8 Å². The van der Waals surface area contributed by atoms with Crippen molar-refractivity contribution in [3.05, 3.63) is 59.8 Å². The smallest absolute Gasteiger partial charge is 0.253 e. The number of nitrogens with zero attached hydrogens (tertiary/aromatic N) is 2. The van der Waals surface area contributed by atoms with Gasteiger partial charge in [0.2, 0.25) is 0 Å². The fourth-order valence-corrected chi connectivity index (χ4v) is 1.89. The second-order valence-corrected chi connectivity index (χ2v) is 4.95. The number of carbonyl (C=O) groups excluding carboxylic acids is 1. The van der Waals surface area contributed by atoms with E-state index in [0.29, 0.717) is 12.1 Å². The summed E-state index contributed by atoms with van der Waals surface area (Å²) >= 11 is 0. The van der Waals surface area contributed by atoms with Gasteiger partial charge in [0.25, 0.3) is 5.91 Å². The minimum absolute atomic E-state index is 0.353. The van der Waals surface area contributed by atoms with Gasteiger partial charge < -0.3 is 15.3 Å². The van der Waals surface area contributed by atoms with Crippen LogP contribution in [0.1, 0.15) is 17.2 Å². The number of pyridine rings is 1. The molecule has 2 aromatic rings. The van der Waals surface area contributed by atoms with E-state index in [1.807, 2.05) is 37.2 Å². The summed E-state index contributed by atoms with van der Waals surface area (Å²) in [7, 11) is 3.81. The molecule has 1 unspecified atom stereocenters. The van der Waals surface area contributed by atoms with Gasteiger partial charge in [-0.3, -0.25) is 4.79 Å². The normalized spacial score (nSPS) is 11.8. The number of anilines is 1. The lowest BCUT2D eigenvalue weighted by atomic mass is 10.1. The molecule has 0 radical (unpaired) electrons. The first-order valence-electron chi connectivity index (χ1n) is 6.71. The van der Waals surface area contributed by atoms with Crippen LogP contribution in [0.4, 0.5) is 5.82 Å². The summed E-state index contributed by atoms with van der Waals surface area (Å²) < 4.78 is 0. The van der Waals surface area contributed by atoms with Gasteiger partial charge in [-0.2, -0.15) is 0 Å². The molecule has 1 aromatic heterocycles. The molecule has 2 rings (SSSR count). The number of aromatic nitrogens is 1. The summed E-state index contributed by atoms with van der Waals surface area (Å²) in [6, 6.07) is 12.6. The molecule has 0 aliphatic heterocycles. The monoisotopic (exact) mass is 285 g/mol. The maximum absolute atomic E-state index is 11.9. The molecule has 1 aromatic carbocycles. The molecule has 0 aliphatic carbocycles. The highest BCUT2D eigenvalue weighted by atomic mass is 16.3. The van der Waals surface area contributed by atoms with Crippen molar-refractivity contribution in [3.63, 3.8) is 0 Å². The fraction of sp³-hybridized carbons (Fsp3) is 0.250. The third kappa shape index (κ3) is 4.03. The third-order valence-electron chi connectivity index (χ3n) is 3.10. The van der Waals surface area contributed by atoms with Crippen molar-refractivity contribution in [3.8, 4) is 0 Å². The quantitative estimate of drug-likeness (QED) is 0.873. The number of hydrogen-bond donors (Lipinski definition) is 2. The molecule has 21 heavy (non-hydrogen) atoms. The first kappa shape index (κ1) is 15.0. The molecular formula is C16H19N3O2. The molecule has 110 valence electrons. The summed E-state index contributed by atoms with van der Waals surface area (Å²) in [5.41, 5.74) is 1.51. The molecule has 5 nitrogen and oxygen atoms in total. The fourth-order valence-electron chi connectivity index (χ4n) is 1.89. The van der Waals surface area contributed by atoms with Crippen LogP contribution in [-0.4, -0.2) is 30.1 Å². The van der Waals surface area contributed by atoms with Crippen LogP contribution in [0.25, 0.3) is 0 Å². The van der Waals surface area contributed by atoms with E-state index in [4.69, 9.17) is 0 Å².